The summed E-state index contributed by atoms with van der Waals surface area (Å²) < 4.78 is 16.2. The topological polar surface area (TPSA) is 78.9 Å². The molecule has 0 aliphatic rings. The Balaban J connectivity index is 2.57. The number of methoxy groups -OCH3 is 1. The normalized spacial score (nSPS) is 11.3. The van der Waals surface area contributed by atoms with Gasteiger partial charge in [-0.05, 0) is 57.9 Å². The highest BCUT2D eigenvalue weighted by Crippen LogP contribution is 2.28. The van der Waals surface area contributed by atoms with Crippen molar-refractivity contribution >= 4 is 23.6 Å². The maximum atomic E-state index is 11.7. The van der Waals surface area contributed by atoms with E-state index in [0.29, 0.717) is 24.5 Å². The van der Waals surface area contributed by atoms with Crippen LogP contribution < -0.4 is 9.47 Å². The summed E-state index contributed by atoms with van der Waals surface area (Å²) in [6, 6.07) is 5.26. The summed E-state index contributed by atoms with van der Waals surface area (Å²) in [6.07, 6.45) is 3.70. The zero-order valence-corrected chi connectivity index (χ0v) is 16.7. The van der Waals surface area contributed by atoms with Gasteiger partial charge in [-0.15, -0.1) is 0 Å². The van der Waals surface area contributed by atoms with Crippen molar-refractivity contribution < 1.29 is 28.6 Å². The molecule has 0 radical (unpaired) electrons. The van der Waals surface area contributed by atoms with Gasteiger partial charge in [-0.1, -0.05) is 12.1 Å². The van der Waals surface area contributed by atoms with Crippen molar-refractivity contribution in [2.75, 3.05) is 13.7 Å². The summed E-state index contributed by atoms with van der Waals surface area (Å²) in [7, 11) is 1.53. The Labute approximate surface area is 160 Å². The highest BCUT2D eigenvalue weighted by Gasteiger charge is 2.15. The predicted octanol–water partition coefficient (Wildman–Crippen LogP) is 3.76. The average Bonchev–Trinajstić information content (AvgIpc) is 2.55. The quantitative estimate of drug-likeness (QED) is 0.268. The number of ketones is 2. The van der Waals surface area contributed by atoms with Crippen molar-refractivity contribution in [2.45, 2.75) is 52.6 Å². The molecule has 27 heavy (non-hydrogen) atoms. The molecule has 0 aliphatic heterocycles. The summed E-state index contributed by atoms with van der Waals surface area (Å²) in [4.78, 5) is 34.2. The summed E-state index contributed by atoms with van der Waals surface area (Å²) >= 11 is 0. The first-order valence-corrected chi connectivity index (χ1v) is 8.84. The van der Waals surface area contributed by atoms with Crippen LogP contribution in [0.25, 0.3) is 6.08 Å². The van der Waals surface area contributed by atoms with Crippen LogP contribution in [0.15, 0.2) is 24.3 Å². The van der Waals surface area contributed by atoms with Crippen LogP contribution in [0.5, 0.6) is 11.5 Å². The standard InChI is InChI=1S/C21H28O6/c1-15(22)13-17(23)10-8-16-9-11-18(19(14-16)25-5)26-12-6-7-20(24)27-21(2,3)4/h8-11,14H,6-7,12-13H2,1-5H3/b10-8+. The van der Waals surface area contributed by atoms with Crippen LogP contribution in [0.1, 0.15) is 52.5 Å². The summed E-state index contributed by atoms with van der Waals surface area (Å²) in [5.41, 5.74) is 0.265. The molecular formula is C21H28O6. The second-order valence-corrected chi connectivity index (χ2v) is 7.13. The molecule has 1 aromatic rings. The maximum Gasteiger partial charge on any atom is 0.306 e. The maximum absolute atomic E-state index is 11.7. The second kappa shape index (κ2) is 10.5. The molecule has 0 aliphatic carbocycles. The van der Waals surface area contributed by atoms with Crippen molar-refractivity contribution in [1.82, 2.24) is 0 Å². The van der Waals surface area contributed by atoms with E-state index in [4.69, 9.17) is 14.2 Å². The number of rotatable bonds is 10. The number of hydrogen-bond donors (Lipinski definition) is 0. The van der Waals surface area contributed by atoms with E-state index in [2.05, 4.69) is 0 Å². The van der Waals surface area contributed by atoms with Crippen LogP contribution in [0.3, 0.4) is 0 Å². The molecule has 0 amide bonds. The molecule has 0 fully saturated rings. The minimum atomic E-state index is -0.490. The fourth-order valence-electron chi connectivity index (χ4n) is 2.19. The first-order valence-electron chi connectivity index (χ1n) is 8.84. The number of Topliss-reactive ketones (excluding diaryl/α,β-unsaturated/α-hetero) is 1. The molecule has 1 rings (SSSR count). The number of carbonyl (C=O) groups is 3. The Bertz CT molecular complexity index is 697. The number of carbonyl (C=O) groups excluding carboxylic acids is 3. The molecule has 0 unspecified atom stereocenters. The van der Waals surface area contributed by atoms with Gasteiger partial charge in [0, 0.05) is 6.42 Å². The van der Waals surface area contributed by atoms with Gasteiger partial charge in [-0.2, -0.15) is 0 Å². The van der Waals surface area contributed by atoms with Crippen molar-refractivity contribution in [3.63, 3.8) is 0 Å². The molecule has 0 saturated carbocycles. The van der Waals surface area contributed by atoms with E-state index in [9.17, 15) is 14.4 Å². The number of benzene rings is 1. The molecule has 0 saturated heterocycles. The zero-order valence-electron chi connectivity index (χ0n) is 16.7. The Morgan fingerprint density at radius 3 is 2.41 bits per heavy atom. The van der Waals surface area contributed by atoms with Crippen LogP contribution in [-0.4, -0.2) is 36.9 Å². The third-order valence-electron chi connectivity index (χ3n) is 3.28. The first kappa shape index (κ1) is 22.4. The summed E-state index contributed by atoms with van der Waals surface area (Å²) in [6.45, 7) is 7.22. The van der Waals surface area contributed by atoms with Gasteiger partial charge in [-0.25, -0.2) is 0 Å². The fraction of sp³-hybridized carbons (Fsp3) is 0.476. The van der Waals surface area contributed by atoms with Crippen LogP contribution in [0, 0.1) is 0 Å². The second-order valence-electron chi connectivity index (χ2n) is 7.13. The van der Waals surface area contributed by atoms with Crippen molar-refractivity contribution in [2.24, 2.45) is 0 Å². The van der Waals surface area contributed by atoms with Crippen molar-refractivity contribution in [1.29, 1.82) is 0 Å². The monoisotopic (exact) mass is 376 g/mol. The molecule has 6 nitrogen and oxygen atoms in total. The molecule has 0 heterocycles. The highest BCUT2D eigenvalue weighted by molar-refractivity contribution is 6.05. The van der Waals surface area contributed by atoms with Gasteiger partial charge in [0.25, 0.3) is 0 Å². The lowest BCUT2D eigenvalue weighted by molar-refractivity contribution is -0.155. The summed E-state index contributed by atoms with van der Waals surface area (Å²) in [5.74, 6) is 0.400. The van der Waals surface area contributed by atoms with E-state index >= 15 is 0 Å². The van der Waals surface area contributed by atoms with E-state index in [1.54, 1.807) is 24.3 Å². The number of allylic oxidation sites excluding steroid dienone is 1. The predicted molar refractivity (Wildman–Crippen MR) is 103 cm³/mol. The average molecular weight is 376 g/mol. The molecule has 0 aromatic heterocycles. The van der Waals surface area contributed by atoms with Gasteiger partial charge in [0.15, 0.2) is 17.3 Å². The molecule has 1 aromatic carbocycles. The lowest BCUT2D eigenvalue weighted by atomic mass is 10.1. The van der Waals surface area contributed by atoms with E-state index in [1.165, 1.54) is 20.1 Å². The zero-order chi connectivity index (χ0) is 20.4. The van der Waals surface area contributed by atoms with Gasteiger partial charge in [0.2, 0.25) is 0 Å². The van der Waals surface area contributed by atoms with Crippen LogP contribution in [0.4, 0.5) is 0 Å². The molecule has 148 valence electrons. The van der Waals surface area contributed by atoms with Crippen molar-refractivity contribution in [3.05, 3.63) is 29.8 Å². The minimum Gasteiger partial charge on any atom is -0.493 e. The molecular weight excluding hydrogens is 348 g/mol. The number of ether oxygens (including phenoxy) is 3. The Morgan fingerprint density at radius 2 is 1.81 bits per heavy atom. The van der Waals surface area contributed by atoms with Gasteiger partial charge in [-0.3, -0.25) is 14.4 Å². The molecule has 0 atom stereocenters. The number of esters is 1. The lowest BCUT2D eigenvalue weighted by Crippen LogP contribution is -2.23. The Hall–Kier alpha value is -2.63. The SMILES string of the molecule is COc1cc(/C=C/C(=O)CC(C)=O)ccc1OCCCC(=O)OC(C)(C)C. The van der Waals surface area contributed by atoms with Gasteiger partial charge < -0.3 is 14.2 Å². The van der Waals surface area contributed by atoms with Crippen LogP contribution in [-0.2, 0) is 19.1 Å². The Kier molecular flexibility index (Phi) is 8.72. The lowest BCUT2D eigenvalue weighted by Gasteiger charge is -2.19. The van der Waals surface area contributed by atoms with E-state index in [-0.39, 0.29) is 30.4 Å². The smallest absolute Gasteiger partial charge is 0.306 e. The van der Waals surface area contributed by atoms with Crippen molar-refractivity contribution in [3.8, 4) is 11.5 Å². The molecule has 0 N–H and O–H groups in total. The van der Waals surface area contributed by atoms with Crippen LogP contribution >= 0.6 is 0 Å². The van der Waals surface area contributed by atoms with Crippen LogP contribution in [0.2, 0.25) is 0 Å². The van der Waals surface area contributed by atoms with E-state index in [1.807, 2.05) is 20.8 Å². The largest absolute Gasteiger partial charge is 0.493 e. The Morgan fingerprint density at radius 1 is 1.11 bits per heavy atom. The molecule has 0 spiro atoms. The molecule has 6 heteroatoms. The number of hydrogen-bond acceptors (Lipinski definition) is 6. The minimum absolute atomic E-state index is 0.105. The van der Waals surface area contributed by atoms with E-state index in [0.717, 1.165) is 5.56 Å². The third-order valence-corrected chi connectivity index (χ3v) is 3.28. The fourth-order valence-corrected chi connectivity index (χ4v) is 2.19. The van der Waals surface area contributed by atoms with Gasteiger partial charge in [0.05, 0.1) is 20.1 Å². The van der Waals surface area contributed by atoms with Gasteiger partial charge >= 0.3 is 5.97 Å². The highest BCUT2D eigenvalue weighted by atomic mass is 16.6. The van der Waals surface area contributed by atoms with Gasteiger partial charge in [0.1, 0.15) is 11.4 Å². The first-order chi connectivity index (χ1) is 12.6. The molecule has 0 bridgehead atoms. The third kappa shape index (κ3) is 9.58. The van der Waals surface area contributed by atoms with E-state index < -0.39 is 5.60 Å². The summed E-state index contributed by atoms with van der Waals surface area (Å²) in [5, 5.41) is 0.